The monoisotopic (exact) mass is 294 g/mol. The molecule has 0 aromatic heterocycles. The molecule has 0 aliphatic carbocycles. The summed E-state index contributed by atoms with van der Waals surface area (Å²) in [5.41, 5.74) is 0. The third kappa shape index (κ3) is 13.0. The van der Waals surface area contributed by atoms with Crippen molar-refractivity contribution in [2.24, 2.45) is 9.98 Å². The Hall–Kier alpha value is -1.19. The highest BCUT2D eigenvalue weighted by molar-refractivity contribution is 7.79. The molecule has 112 valence electrons. The normalized spacial score (nSPS) is 16.8. The molecule has 0 saturated carbocycles. The van der Waals surface area contributed by atoms with Crippen molar-refractivity contribution in [3.05, 3.63) is 0 Å². The summed E-state index contributed by atoms with van der Waals surface area (Å²) in [5, 5.41) is 0. The predicted octanol–water partition coefficient (Wildman–Crippen LogP) is 0.0476. The van der Waals surface area contributed by atoms with Crippen molar-refractivity contribution < 1.29 is 17.5 Å². The van der Waals surface area contributed by atoms with Crippen LogP contribution in [0.4, 0.5) is 0 Å². The van der Waals surface area contributed by atoms with Gasteiger partial charge in [-0.2, -0.15) is 8.42 Å². The van der Waals surface area contributed by atoms with E-state index >= 15 is 0 Å². The first-order valence-corrected chi connectivity index (χ1v) is 7.44. The van der Waals surface area contributed by atoms with E-state index in [2.05, 4.69) is 33.6 Å². The van der Waals surface area contributed by atoms with Crippen LogP contribution < -0.4 is 0 Å². The summed E-state index contributed by atoms with van der Waals surface area (Å²) in [6.45, 7) is 10.7. The fraction of sp³-hybridized carbons (Fsp3) is 0.800. The van der Waals surface area contributed by atoms with Crippen LogP contribution in [0.25, 0.3) is 0 Å². The molecular weight excluding hydrogens is 272 g/mol. The molecule has 0 bridgehead atoms. The Balaban J connectivity index is 0.000000261. The van der Waals surface area contributed by atoms with Gasteiger partial charge in [0.05, 0.1) is 25.8 Å². The largest absolute Gasteiger partial charge is 0.394 e. The summed E-state index contributed by atoms with van der Waals surface area (Å²) in [6.07, 6.45) is 3.83. The molecule has 9 heteroatoms. The second-order valence-corrected chi connectivity index (χ2v) is 4.64. The van der Waals surface area contributed by atoms with E-state index in [-0.39, 0.29) is 0 Å². The minimum absolute atomic E-state index is 0.994. The van der Waals surface area contributed by atoms with Crippen LogP contribution in [-0.4, -0.2) is 79.3 Å². The fourth-order valence-electron chi connectivity index (χ4n) is 1.31. The molecule has 0 aromatic carbocycles. The summed E-state index contributed by atoms with van der Waals surface area (Å²) < 4.78 is 31.6. The van der Waals surface area contributed by atoms with Crippen LogP contribution in [0.3, 0.4) is 0 Å². The zero-order valence-electron chi connectivity index (χ0n) is 11.3. The second kappa shape index (κ2) is 9.70. The molecule has 2 aliphatic heterocycles. The first kappa shape index (κ1) is 17.8. The first-order valence-electron chi connectivity index (χ1n) is 6.04. The predicted molar refractivity (Wildman–Crippen MR) is 75.4 cm³/mol. The molecule has 2 N–H and O–H groups in total. The van der Waals surface area contributed by atoms with Crippen LogP contribution in [-0.2, 0) is 10.4 Å². The van der Waals surface area contributed by atoms with E-state index in [9.17, 15) is 0 Å². The summed E-state index contributed by atoms with van der Waals surface area (Å²) in [4.78, 5) is 12.5. The van der Waals surface area contributed by atoms with Crippen molar-refractivity contribution >= 4 is 23.1 Å². The van der Waals surface area contributed by atoms with Crippen molar-refractivity contribution in [3.63, 3.8) is 0 Å². The van der Waals surface area contributed by atoms with E-state index in [1.165, 1.54) is 0 Å². The van der Waals surface area contributed by atoms with E-state index in [0.29, 0.717) is 0 Å². The Kier molecular flexibility index (Phi) is 9.09. The Morgan fingerprint density at radius 3 is 1.42 bits per heavy atom. The molecule has 8 nitrogen and oxygen atoms in total. The highest BCUT2D eigenvalue weighted by Crippen LogP contribution is 1.90. The van der Waals surface area contributed by atoms with Crippen LogP contribution in [0, 0.1) is 0 Å². The lowest BCUT2D eigenvalue weighted by molar-refractivity contribution is 0.381. The molecule has 2 heterocycles. The quantitative estimate of drug-likeness (QED) is 0.697. The maximum Gasteiger partial charge on any atom is 0.394 e. The van der Waals surface area contributed by atoms with Gasteiger partial charge in [-0.05, 0) is 13.8 Å². The third-order valence-corrected chi connectivity index (χ3v) is 2.33. The Labute approximate surface area is 114 Å². The molecule has 2 rings (SSSR count). The van der Waals surface area contributed by atoms with Crippen LogP contribution in [0.5, 0.6) is 0 Å². The van der Waals surface area contributed by atoms with Gasteiger partial charge in [-0.3, -0.25) is 19.1 Å². The van der Waals surface area contributed by atoms with Gasteiger partial charge in [-0.25, -0.2) is 0 Å². The van der Waals surface area contributed by atoms with Gasteiger partial charge in [0, 0.05) is 26.2 Å². The molecule has 0 spiro atoms. The number of rotatable bonds is 2. The van der Waals surface area contributed by atoms with Gasteiger partial charge < -0.3 is 9.80 Å². The van der Waals surface area contributed by atoms with Gasteiger partial charge in [0.1, 0.15) is 0 Å². The van der Waals surface area contributed by atoms with Gasteiger partial charge in [0.2, 0.25) is 0 Å². The van der Waals surface area contributed by atoms with Gasteiger partial charge >= 0.3 is 10.4 Å². The van der Waals surface area contributed by atoms with E-state index in [1.54, 1.807) is 0 Å². The number of hydrogen-bond donors (Lipinski definition) is 2. The lowest BCUT2D eigenvalue weighted by Gasteiger charge is -2.07. The van der Waals surface area contributed by atoms with E-state index in [0.717, 1.165) is 39.3 Å². The Morgan fingerprint density at radius 2 is 1.32 bits per heavy atom. The molecule has 0 aromatic rings. The lowest BCUT2D eigenvalue weighted by atomic mass is 10.6. The summed E-state index contributed by atoms with van der Waals surface area (Å²) >= 11 is 0. The zero-order chi connectivity index (χ0) is 14.7. The average molecular weight is 294 g/mol. The highest BCUT2D eigenvalue weighted by atomic mass is 32.3. The van der Waals surface area contributed by atoms with Gasteiger partial charge in [0.25, 0.3) is 0 Å². The van der Waals surface area contributed by atoms with Crippen molar-refractivity contribution in [1.82, 2.24) is 9.80 Å². The van der Waals surface area contributed by atoms with E-state index in [4.69, 9.17) is 17.5 Å². The van der Waals surface area contributed by atoms with Crippen molar-refractivity contribution in [3.8, 4) is 0 Å². The van der Waals surface area contributed by atoms with Crippen LogP contribution in [0.15, 0.2) is 9.98 Å². The molecular formula is C10H22N4O4S. The molecule has 0 saturated heterocycles. The zero-order valence-corrected chi connectivity index (χ0v) is 12.1. The topological polar surface area (TPSA) is 106 Å². The molecule has 0 unspecified atom stereocenters. The summed E-state index contributed by atoms with van der Waals surface area (Å²) in [5.74, 6) is 0. The first-order chi connectivity index (χ1) is 8.86. The number of likely N-dealkylation sites (N-methyl/N-ethyl adjacent to an activating group) is 2. The maximum atomic E-state index is 8.74. The van der Waals surface area contributed by atoms with Gasteiger partial charge in [-0.15, -0.1) is 0 Å². The van der Waals surface area contributed by atoms with Crippen LogP contribution in [0.2, 0.25) is 0 Å². The molecule has 0 radical (unpaired) electrons. The number of hydrogen-bond acceptors (Lipinski definition) is 6. The Morgan fingerprint density at radius 1 is 1.00 bits per heavy atom. The average Bonchev–Trinajstić information content (AvgIpc) is 3.01. The fourth-order valence-corrected chi connectivity index (χ4v) is 1.31. The van der Waals surface area contributed by atoms with E-state index in [1.807, 2.05) is 12.7 Å². The molecule has 0 fully saturated rings. The lowest BCUT2D eigenvalue weighted by Crippen LogP contribution is -2.18. The minimum atomic E-state index is -4.67. The maximum absolute atomic E-state index is 8.74. The van der Waals surface area contributed by atoms with Crippen LogP contribution >= 0.6 is 0 Å². The number of aliphatic imine (C=N–C) groups is 2. The van der Waals surface area contributed by atoms with Crippen molar-refractivity contribution in [2.75, 3.05) is 39.3 Å². The van der Waals surface area contributed by atoms with Crippen molar-refractivity contribution in [1.29, 1.82) is 0 Å². The SMILES string of the molecule is CCN1C=NCC1.CCN1C=NCC1.O=S(=O)(O)O. The summed E-state index contributed by atoms with van der Waals surface area (Å²) in [6, 6.07) is 0. The van der Waals surface area contributed by atoms with E-state index < -0.39 is 10.4 Å². The third-order valence-electron chi connectivity index (χ3n) is 2.33. The second-order valence-electron chi connectivity index (χ2n) is 3.75. The molecule has 2 aliphatic rings. The smallest absolute Gasteiger partial charge is 0.361 e. The minimum Gasteiger partial charge on any atom is -0.361 e. The van der Waals surface area contributed by atoms with Gasteiger partial charge in [0.15, 0.2) is 0 Å². The standard InChI is InChI=1S/2C5H10N2.H2O4S/c2*1-2-7-4-3-6-5-7;1-5(2,3)4/h2*5H,2-4H2,1H3;(H2,1,2,3,4). The molecule has 0 atom stereocenters. The van der Waals surface area contributed by atoms with Gasteiger partial charge in [-0.1, -0.05) is 0 Å². The molecule has 0 amide bonds. The van der Waals surface area contributed by atoms with Crippen LogP contribution in [0.1, 0.15) is 13.8 Å². The molecule has 19 heavy (non-hydrogen) atoms. The van der Waals surface area contributed by atoms with Crippen molar-refractivity contribution in [2.45, 2.75) is 13.8 Å². The number of nitrogens with zero attached hydrogens (tertiary/aromatic N) is 4. The Bertz CT molecular complexity index is 353. The summed E-state index contributed by atoms with van der Waals surface area (Å²) in [7, 11) is -4.67. The highest BCUT2D eigenvalue weighted by Gasteiger charge is 1.99.